The number of hydrogen-bond donors (Lipinski definition) is 2. The van der Waals surface area contributed by atoms with E-state index in [0.29, 0.717) is 18.3 Å². The Hall–Kier alpha value is -2.25. The molecular weight excluding hydrogens is 284 g/mol. The van der Waals surface area contributed by atoms with Crippen LogP contribution in [0.15, 0.2) is 34.9 Å². The molecule has 22 heavy (non-hydrogen) atoms. The quantitative estimate of drug-likeness (QED) is 0.788. The summed E-state index contributed by atoms with van der Waals surface area (Å²) >= 11 is 0. The lowest BCUT2D eigenvalue weighted by atomic mass is 10.1. The van der Waals surface area contributed by atoms with Gasteiger partial charge < -0.3 is 20.3 Å². The van der Waals surface area contributed by atoms with Gasteiger partial charge in [-0.05, 0) is 0 Å². The molecule has 0 saturated heterocycles. The second kappa shape index (κ2) is 7.67. The zero-order valence-electron chi connectivity index (χ0n) is 12.7. The molecule has 2 atom stereocenters. The van der Waals surface area contributed by atoms with Crippen molar-refractivity contribution < 1.29 is 14.1 Å². The summed E-state index contributed by atoms with van der Waals surface area (Å²) in [4.78, 5) is 16.1. The van der Waals surface area contributed by atoms with Gasteiger partial charge in [-0.15, -0.1) is 0 Å². The molecule has 118 valence electrons. The number of ether oxygens (including phenoxy) is 1. The molecule has 0 spiro atoms. The van der Waals surface area contributed by atoms with Crippen LogP contribution in [0.25, 0.3) is 11.4 Å². The number of aromatic nitrogens is 2. The van der Waals surface area contributed by atoms with Crippen LogP contribution in [0.2, 0.25) is 0 Å². The Balaban J connectivity index is 1.92. The highest BCUT2D eigenvalue weighted by Gasteiger charge is 2.18. The molecule has 0 radical (unpaired) electrons. The van der Waals surface area contributed by atoms with Crippen LogP contribution in [-0.2, 0) is 9.53 Å². The number of carbonyl (C=O) groups excluding carboxylic acids is 1. The number of carbonyl (C=O) groups is 1. The predicted octanol–water partition coefficient (Wildman–Crippen LogP) is 0.930. The summed E-state index contributed by atoms with van der Waals surface area (Å²) in [6.07, 6.45) is 0. The number of methoxy groups -OCH3 is 1. The summed E-state index contributed by atoms with van der Waals surface area (Å²) in [6, 6.07) is 8.87. The average molecular weight is 304 g/mol. The smallest absolute Gasteiger partial charge is 0.239 e. The number of nitrogens with one attached hydrogen (secondary N) is 1. The molecule has 2 unspecified atom stereocenters. The molecule has 0 saturated carbocycles. The largest absolute Gasteiger partial charge is 0.383 e. The summed E-state index contributed by atoms with van der Waals surface area (Å²) in [5.74, 6) is 0.629. The number of benzene rings is 1. The van der Waals surface area contributed by atoms with E-state index in [2.05, 4.69) is 15.5 Å². The first kappa shape index (κ1) is 16.1. The molecule has 0 aliphatic carbocycles. The second-order valence-corrected chi connectivity index (χ2v) is 5.03. The van der Waals surface area contributed by atoms with Crippen LogP contribution in [0, 0.1) is 0 Å². The molecular formula is C15H20N4O3. The maximum atomic E-state index is 11.7. The third kappa shape index (κ3) is 4.12. The number of nitrogens with two attached hydrogens (primary N) is 1. The van der Waals surface area contributed by atoms with Gasteiger partial charge in [0.15, 0.2) is 0 Å². The maximum absolute atomic E-state index is 11.7. The van der Waals surface area contributed by atoms with Crippen LogP contribution in [0.4, 0.5) is 0 Å². The molecule has 2 rings (SSSR count). The van der Waals surface area contributed by atoms with Gasteiger partial charge in [0.25, 0.3) is 0 Å². The molecule has 7 heteroatoms. The third-order valence-corrected chi connectivity index (χ3v) is 3.16. The van der Waals surface area contributed by atoms with Crippen molar-refractivity contribution in [1.82, 2.24) is 15.5 Å². The molecule has 2 aromatic rings. The van der Waals surface area contributed by atoms with Crippen LogP contribution < -0.4 is 11.1 Å². The van der Waals surface area contributed by atoms with Crippen LogP contribution in [0.3, 0.4) is 0 Å². The lowest BCUT2D eigenvalue weighted by Crippen LogP contribution is -2.44. The lowest BCUT2D eigenvalue weighted by molar-refractivity contribution is -0.123. The number of hydrogen-bond acceptors (Lipinski definition) is 6. The number of nitrogens with zero attached hydrogens (tertiary/aromatic N) is 2. The van der Waals surface area contributed by atoms with Crippen molar-refractivity contribution in [2.75, 3.05) is 20.3 Å². The molecule has 3 N–H and O–H groups in total. The molecule has 7 nitrogen and oxygen atoms in total. The van der Waals surface area contributed by atoms with Crippen LogP contribution >= 0.6 is 0 Å². The second-order valence-electron chi connectivity index (χ2n) is 5.03. The maximum Gasteiger partial charge on any atom is 0.239 e. The molecule has 0 fully saturated rings. The Kier molecular flexibility index (Phi) is 5.62. The van der Waals surface area contributed by atoms with Crippen molar-refractivity contribution in [3.8, 4) is 11.4 Å². The highest BCUT2D eigenvalue weighted by Crippen LogP contribution is 2.18. The Morgan fingerprint density at radius 2 is 2.14 bits per heavy atom. The van der Waals surface area contributed by atoms with E-state index in [9.17, 15) is 4.79 Å². The fourth-order valence-electron chi connectivity index (χ4n) is 1.87. The summed E-state index contributed by atoms with van der Waals surface area (Å²) in [6.45, 7) is 2.44. The third-order valence-electron chi connectivity index (χ3n) is 3.16. The van der Waals surface area contributed by atoms with Crippen molar-refractivity contribution in [3.63, 3.8) is 0 Å². The summed E-state index contributed by atoms with van der Waals surface area (Å²) in [7, 11) is 1.50. The standard InChI is InChI=1S/C15H20N4O3/c1-10(8-17-14(20)12(16)9-21-2)15-18-13(19-22-15)11-6-4-3-5-7-11/h3-7,10,12H,8-9,16H2,1-2H3,(H,17,20). The van der Waals surface area contributed by atoms with Crippen molar-refractivity contribution in [1.29, 1.82) is 0 Å². The van der Waals surface area contributed by atoms with E-state index >= 15 is 0 Å². The highest BCUT2D eigenvalue weighted by atomic mass is 16.5. The van der Waals surface area contributed by atoms with Crippen molar-refractivity contribution in [2.45, 2.75) is 18.9 Å². The monoisotopic (exact) mass is 304 g/mol. The van der Waals surface area contributed by atoms with E-state index in [1.165, 1.54) is 7.11 Å². The summed E-state index contributed by atoms with van der Waals surface area (Å²) < 4.78 is 10.1. The molecule has 1 aromatic carbocycles. The molecule has 1 aromatic heterocycles. The van der Waals surface area contributed by atoms with Crippen molar-refractivity contribution >= 4 is 5.91 Å². The van der Waals surface area contributed by atoms with Gasteiger partial charge in [-0.1, -0.05) is 42.4 Å². The Labute approximate surface area is 128 Å². The minimum Gasteiger partial charge on any atom is -0.383 e. The minimum absolute atomic E-state index is 0.108. The zero-order chi connectivity index (χ0) is 15.9. The van der Waals surface area contributed by atoms with E-state index in [1.54, 1.807) is 0 Å². The highest BCUT2D eigenvalue weighted by molar-refractivity contribution is 5.81. The molecule has 1 amide bonds. The van der Waals surface area contributed by atoms with Crippen LogP contribution in [0.5, 0.6) is 0 Å². The van der Waals surface area contributed by atoms with Gasteiger partial charge in [0.2, 0.25) is 17.6 Å². The fourth-order valence-corrected chi connectivity index (χ4v) is 1.87. The molecule has 0 aliphatic heterocycles. The van der Waals surface area contributed by atoms with E-state index in [4.69, 9.17) is 15.0 Å². The van der Waals surface area contributed by atoms with Crippen molar-refractivity contribution in [2.24, 2.45) is 5.73 Å². The Morgan fingerprint density at radius 1 is 1.41 bits per heavy atom. The molecule has 1 heterocycles. The van der Waals surface area contributed by atoms with Crippen LogP contribution in [0.1, 0.15) is 18.7 Å². The normalized spacial score (nSPS) is 13.6. The first-order chi connectivity index (χ1) is 10.6. The molecule has 0 bridgehead atoms. The van der Waals surface area contributed by atoms with Gasteiger partial charge in [0.1, 0.15) is 6.04 Å². The van der Waals surface area contributed by atoms with E-state index in [0.717, 1.165) is 5.56 Å². The SMILES string of the molecule is COCC(N)C(=O)NCC(C)c1nc(-c2ccccc2)no1. The molecule has 0 aliphatic rings. The fraction of sp³-hybridized carbons (Fsp3) is 0.400. The van der Waals surface area contributed by atoms with Gasteiger partial charge >= 0.3 is 0 Å². The van der Waals surface area contributed by atoms with E-state index in [-0.39, 0.29) is 18.4 Å². The van der Waals surface area contributed by atoms with Gasteiger partial charge in [-0.2, -0.15) is 4.98 Å². The average Bonchev–Trinajstić information content (AvgIpc) is 3.03. The van der Waals surface area contributed by atoms with Crippen LogP contribution in [-0.4, -0.2) is 42.4 Å². The van der Waals surface area contributed by atoms with Gasteiger partial charge in [0, 0.05) is 19.2 Å². The number of amides is 1. The van der Waals surface area contributed by atoms with Gasteiger partial charge in [-0.3, -0.25) is 4.79 Å². The summed E-state index contributed by atoms with van der Waals surface area (Å²) in [5.41, 5.74) is 6.53. The number of rotatable bonds is 7. The minimum atomic E-state index is -0.681. The van der Waals surface area contributed by atoms with E-state index in [1.807, 2.05) is 37.3 Å². The predicted molar refractivity (Wildman–Crippen MR) is 81.0 cm³/mol. The first-order valence-corrected chi connectivity index (χ1v) is 7.03. The Morgan fingerprint density at radius 3 is 2.82 bits per heavy atom. The Bertz CT molecular complexity index is 600. The van der Waals surface area contributed by atoms with Gasteiger partial charge in [-0.25, -0.2) is 0 Å². The van der Waals surface area contributed by atoms with Crippen molar-refractivity contribution in [3.05, 3.63) is 36.2 Å². The zero-order valence-corrected chi connectivity index (χ0v) is 12.7. The first-order valence-electron chi connectivity index (χ1n) is 7.03. The van der Waals surface area contributed by atoms with Gasteiger partial charge in [0.05, 0.1) is 12.5 Å². The summed E-state index contributed by atoms with van der Waals surface area (Å²) in [5, 5.41) is 6.70. The van der Waals surface area contributed by atoms with E-state index < -0.39 is 6.04 Å². The lowest BCUT2D eigenvalue weighted by Gasteiger charge is -2.13. The topological polar surface area (TPSA) is 103 Å².